The zero-order valence-corrected chi connectivity index (χ0v) is 15.4. The van der Waals surface area contributed by atoms with E-state index in [2.05, 4.69) is 10.6 Å². The van der Waals surface area contributed by atoms with Crippen molar-refractivity contribution >= 4 is 40.8 Å². The smallest absolute Gasteiger partial charge is 0.325 e. The summed E-state index contributed by atoms with van der Waals surface area (Å²) in [4.78, 5) is 45.5. The zero-order chi connectivity index (χ0) is 21.4. The molecule has 0 spiro atoms. The summed E-state index contributed by atoms with van der Waals surface area (Å²) in [6.07, 6.45) is 0. The molecule has 2 N–H and O–H groups in total. The maximum absolute atomic E-state index is 11.9. The number of hydrogen-bond acceptors (Lipinski definition) is 7. The number of anilines is 1. The molecule has 0 fully saturated rings. The SMILES string of the molecule is N#Cc1ccc(NC(=O)COC(=O)CNC(=O)c2cccc([N+](=O)[O-])c2)cc1Cl. The van der Waals surface area contributed by atoms with Crippen molar-refractivity contribution in [3.05, 3.63) is 68.7 Å². The maximum atomic E-state index is 11.9. The summed E-state index contributed by atoms with van der Waals surface area (Å²) in [6.45, 7) is -1.14. The molecule has 0 bridgehead atoms. The minimum atomic E-state index is -0.878. The number of nitrogens with one attached hydrogen (secondary N) is 2. The van der Waals surface area contributed by atoms with Gasteiger partial charge < -0.3 is 15.4 Å². The van der Waals surface area contributed by atoms with Crippen LogP contribution in [0.5, 0.6) is 0 Å². The fourth-order valence-corrected chi connectivity index (χ4v) is 2.32. The zero-order valence-electron chi connectivity index (χ0n) is 14.7. The molecule has 0 aromatic heterocycles. The van der Waals surface area contributed by atoms with Gasteiger partial charge >= 0.3 is 5.97 Å². The summed E-state index contributed by atoms with van der Waals surface area (Å²) in [5.41, 5.74) is 0.298. The number of hydrogen-bond donors (Lipinski definition) is 2. The number of halogens is 1. The molecule has 29 heavy (non-hydrogen) atoms. The van der Waals surface area contributed by atoms with Crippen LogP contribution in [0.15, 0.2) is 42.5 Å². The van der Waals surface area contributed by atoms with Gasteiger partial charge in [-0.15, -0.1) is 0 Å². The summed E-state index contributed by atoms with van der Waals surface area (Å²) < 4.78 is 4.74. The number of nitriles is 1. The molecule has 2 aromatic rings. The van der Waals surface area contributed by atoms with Gasteiger partial charge in [-0.2, -0.15) is 5.26 Å². The molecule has 2 aromatic carbocycles. The number of benzene rings is 2. The lowest BCUT2D eigenvalue weighted by Gasteiger charge is -2.08. The Morgan fingerprint density at radius 1 is 1.21 bits per heavy atom. The van der Waals surface area contributed by atoms with E-state index in [4.69, 9.17) is 21.6 Å². The molecule has 0 saturated heterocycles. The van der Waals surface area contributed by atoms with Gasteiger partial charge in [-0.3, -0.25) is 24.5 Å². The largest absolute Gasteiger partial charge is 0.454 e. The minimum absolute atomic E-state index is 0.00226. The summed E-state index contributed by atoms with van der Waals surface area (Å²) in [5, 5.41) is 24.3. The van der Waals surface area contributed by atoms with Crippen molar-refractivity contribution in [1.29, 1.82) is 5.26 Å². The molecule has 2 rings (SSSR count). The van der Waals surface area contributed by atoms with Gasteiger partial charge in [0.05, 0.1) is 15.5 Å². The Balaban J connectivity index is 1.79. The molecule has 0 atom stereocenters. The van der Waals surface area contributed by atoms with Crippen molar-refractivity contribution in [2.45, 2.75) is 0 Å². The van der Waals surface area contributed by atoms with E-state index in [0.29, 0.717) is 5.69 Å². The van der Waals surface area contributed by atoms with Crippen LogP contribution in [0.25, 0.3) is 0 Å². The van der Waals surface area contributed by atoms with Crippen LogP contribution in [0.1, 0.15) is 15.9 Å². The summed E-state index contributed by atoms with van der Waals surface area (Å²) in [6, 6.07) is 11.1. The molecular weight excluding hydrogens is 404 g/mol. The molecule has 0 unspecified atom stereocenters. The number of esters is 1. The van der Waals surface area contributed by atoms with Gasteiger partial charge in [0.15, 0.2) is 6.61 Å². The second kappa shape index (κ2) is 9.82. The second-order valence-corrected chi connectivity index (χ2v) is 5.91. The number of non-ortho nitro benzene ring substituents is 1. The van der Waals surface area contributed by atoms with Crippen LogP contribution < -0.4 is 10.6 Å². The number of ether oxygens (including phenoxy) is 1. The van der Waals surface area contributed by atoms with Gasteiger partial charge in [-0.25, -0.2) is 0 Å². The van der Waals surface area contributed by atoms with Crippen molar-refractivity contribution in [1.82, 2.24) is 5.32 Å². The highest BCUT2D eigenvalue weighted by Crippen LogP contribution is 2.20. The number of carbonyl (C=O) groups is 3. The first kappa shape index (κ1) is 21.3. The molecule has 0 aliphatic carbocycles. The molecule has 10 nitrogen and oxygen atoms in total. The second-order valence-electron chi connectivity index (χ2n) is 5.51. The van der Waals surface area contributed by atoms with Crippen molar-refractivity contribution in [2.75, 3.05) is 18.5 Å². The topological polar surface area (TPSA) is 151 Å². The predicted octanol–water partition coefficient (Wildman–Crippen LogP) is 2.03. The number of nitro groups is 1. The Morgan fingerprint density at radius 3 is 2.62 bits per heavy atom. The van der Waals surface area contributed by atoms with E-state index in [-0.39, 0.29) is 21.8 Å². The van der Waals surface area contributed by atoms with E-state index in [1.54, 1.807) is 0 Å². The first-order valence-corrected chi connectivity index (χ1v) is 8.35. The maximum Gasteiger partial charge on any atom is 0.325 e. The Hall–Kier alpha value is -3.97. The molecule has 2 amide bonds. The van der Waals surface area contributed by atoms with Gasteiger partial charge in [-0.1, -0.05) is 17.7 Å². The third-order valence-corrected chi connectivity index (χ3v) is 3.76. The van der Waals surface area contributed by atoms with Crippen LogP contribution in [0.3, 0.4) is 0 Å². The number of rotatable bonds is 7. The first-order chi connectivity index (χ1) is 13.8. The average molecular weight is 417 g/mol. The van der Waals surface area contributed by atoms with E-state index in [9.17, 15) is 24.5 Å². The molecule has 0 aliphatic rings. The quantitative estimate of drug-likeness (QED) is 0.398. The Morgan fingerprint density at radius 2 is 1.97 bits per heavy atom. The van der Waals surface area contributed by atoms with Crippen LogP contribution >= 0.6 is 11.6 Å². The molecule has 148 valence electrons. The Bertz CT molecular complexity index is 1020. The lowest BCUT2D eigenvalue weighted by Crippen LogP contribution is -2.32. The van der Waals surface area contributed by atoms with Gasteiger partial charge in [0, 0.05) is 23.4 Å². The fraction of sp³-hybridized carbons (Fsp3) is 0.111. The van der Waals surface area contributed by atoms with E-state index in [1.807, 2.05) is 6.07 Å². The molecule has 0 saturated carbocycles. The highest BCUT2D eigenvalue weighted by molar-refractivity contribution is 6.32. The van der Waals surface area contributed by atoms with E-state index in [1.165, 1.54) is 36.4 Å². The third kappa shape index (κ3) is 6.30. The van der Waals surface area contributed by atoms with Crippen molar-refractivity contribution in [3.63, 3.8) is 0 Å². The van der Waals surface area contributed by atoms with E-state index >= 15 is 0 Å². The summed E-state index contributed by atoms with van der Waals surface area (Å²) in [7, 11) is 0. The number of nitro benzene ring substituents is 1. The molecule has 0 radical (unpaired) electrons. The van der Waals surface area contributed by atoms with Gasteiger partial charge in [-0.05, 0) is 24.3 Å². The van der Waals surface area contributed by atoms with Crippen molar-refractivity contribution in [2.24, 2.45) is 0 Å². The number of amides is 2. The van der Waals surface area contributed by atoms with Crippen molar-refractivity contribution < 1.29 is 24.0 Å². The van der Waals surface area contributed by atoms with Gasteiger partial charge in [0.2, 0.25) is 0 Å². The number of nitrogens with zero attached hydrogens (tertiary/aromatic N) is 2. The third-order valence-electron chi connectivity index (χ3n) is 3.45. The first-order valence-electron chi connectivity index (χ1n) is 7.98. The summed E-state index contributed by atoms with van der Waals surface area (Å²) >= 11 is 5.85. The lowest BCUT2D eigenvalue weighted by atomic mass is 10.2. The van der Waals surface area contributed by atoms with Crippen LogP contribution in [0, 0.1) is 21.4 Å². The lowest BCUT2D eigenvalue weighted by molar-refractivity contribution is -0.384. The van der Waals surface area contributed by atoms with Crippen LogP contribution in [-0.2, 0) is 14.3 Å². The molecule has 11 heteroatoms. The fourth-order valence-electron chi connectivity index (χ4n) is 2.09. The van der Waals surface area contributed by atoms with Gasteiger partial charge in [0.1, 0.15) is 12.6 Å². The van der Waals surface area contributed by atoms with Crippen LogP contribution in [0.2, 0.25) is 5.02 Å². The highest BCUT2D eigenvalue weighted by atomic mass is 35.5. The van der Waals surface area contributed by atoms with Crippen molar-refractivity contribution in [3.8, 4) is 6.07 Å². The van der Waals surface area contributed by atoms with Gasteiger partial charge in [0.25, 0.3) is 17.5 Å². The normalized spacial score (nSPS) is 9.79. The Kier molecular flexibility index (Phi) is 7.22. The van der Waals surface area contributed by atoms with E-state index < -0.39 is 35.9 Å². The monoisotopic (exact) mass is 416 g/mol. The predicted molar refractivity (Wildman–Crippen MR) is 101 cm³/mol. The standard InChI is InChI=1S/C18H13ClN4O6/c19-15-7-13(5-4-12(15)8-20)22-16(24)10-29-17(25)9-21-18(26)11-2-1-3-14(6-11)23(27)28/h1-7H,9-10H2,(H,21,26)(H,22,24). The highest BCUT2D eigenvalue weighted by Gasteiger charge is 2.14. The summed E-state index contributed by atoms with van der Waals surface area (Å²) in [5.74, 6) is -2.23. The molecular formula is C18H13ClN4O6. The molecule has 0 aliphatic heterocycles. The average Bonchev–Trinajstić information content (AvgIpc) is 2.70. The van der Waals surface area contributed by atoms with Crippen LogP contribution in [0.4, 0.5) is 11.4 Å². The Labute approximate surface area is 169 Å². The number of carbonyl (C=O) groups excluding carboxylic acids is 3. The molecule has 0 heterocycles. The minimum Gasteiger partial charge on any atom is -0.454 e. The van der Waals surface area contributed by atoms with Crippen LogP contribution in [-0.4, -0.2) is 35.9 Å². The van der Waals surface area contributed by atoms with E-state index in [0.717, 1.165) is 6.07 Å².